The van der Waals surface area contributed by atoms with Crippen molar-refractivity contribution >= 4 is 17.8 Å². The van der Waals surface area contributed by atoms with Gasteiger partial charge in [0, 0.05) is 18.6 Å². The Labute approximate surface area is 157 Å². The first-order valence-corrected chi connectivity index (χ1v) is 9.03. The minimum atomic E-state index is -0.361. The standard InChI is InChI=1S/C22H19NO4/c24-20-11-12-21(25)23(20)19-10-9-16-17(19)7-4-8-18(16)22(26)27-14-13-15-5-2-1-3-6-15/h1-8,11-12,19H,9-10,13-14H2/t19-/m0/s1. The Morgan fingerprint density at radius 2 is 1.74 bits per heavy atom. The number of amides is 2. The minimum absolute atomic E-state index is 0.298. The van der Waals surface area contributed by atoms with Crippen LogP contribution in [0.5, 0.6) is 0 Å². The van der Waals surface area contributed by atoms with Crippen LogP contribution >= 0.6 is 0 Å². The van der Waals surface area contributed by atoms with E-state index in [0.717, 1.165) is 16.7 Å². The Hall–Kier alpha value is -3.21. The Kier molecular flexibility index (Phi) is 4.59. The summed E-state index contributed by atoms with van der Waals surface area (Å²) in [4.78, 5) is 37.8. The maximum absolute atomic E-state index is 12.6. The molecule has 0 bridgehead atoms. The van der Waals surface area contributed by atoms with Gasteiger partial charge >= 0.3 is 5.97 Å². The average Bonchev–Trinajstić information content (AvgIpc) is 3.25. The van der Waals surface area contributed by atoms with Gasteiger partial charge in [-0.25, -0.2) is 4.79 Å². The second-order valence-corrected chi connectivity index (χ2v) is 6.68. The molecule has 0 N–H and O–H groups in total. The first kappa shape index (κ1) is 17.2. The number of carbonyl (C=O) groups is 3. The van der Waals surface area contributed by atoms with E-state index in [-0.39, 0.29) is 23.8 Å². The molecule has 0 saturated carbocycles. The van der Waals surface area contributed by atoms with Crippen LogP contribution in [0.3, 0.4) is 0 Å². The van der Waals surface area contributed by atoms with E-state index >= 15 is 0 Å². The molecule has 1 aliphatic heterocycles. The fraction of sp³-hybridized carbons (Fsp3) is 0.227. The maximum Gasteiger partial charge on any atom is 0.338 e. The van der Waals surface area contributed by atoms with Gasteiger partial charge in [-0.1, -0.05) is 42.5 Å². The molecule has 1 heterocycles. The average molecular weight is 361 g/mol. The highest BCUT2D eigenvalue weighted by Crippen LogP contribution is 2.38. The van der Waals surface area contributed by atoms with Gasteiger partial charge in [0.25, 0.3) is 11.8 Å². The van der Waals surface area contributed by atoms with Crippen LogP contribution in [-0.2, 0) is 27.2 Å². The summed E-state index contributed by atoms with van der Waals surface area (Å²) in [5, 5.41) is 0. The molecule has 1 aliphatic carbocycles. The lowest BCUT2D eigenvalue weighted by atomic mass is 10.0. The Morgan fingerprint density at radius 1 is 1.00 bits per heavy atom. The molecule has 0 fully saturated rings. The third kappa shape index (κ3) is 3.28. The summed E-state index contributed by atoms with van der Waals surface area (Å²) < 4.78 is 5.46. The molecule has 0 aromatic heterocycles. The monoisotopic (exact) mass is 361 g/mol. The number of carbonyl (C=O) groups excluding carboxylic acids is 3. The number of hydrogen-bond acceptors (Lipinski definition) is 4. The smallest absolute Gasteiger partial charge is 0.338 e. The summed E-state index contributed by atoms with van der Waals surface area (Å²) in [6, 6.07) is 15.0. The van der Waals surface area contributed by atoms with Crippen LogP contribution in [0.25, 0.3) is 0 Å². The number of nitrogens with zero attached hydrogens (tertiary/aromatic N) is 1. The van der Waals surface area contributed by atoms with Crippen molar-refractivity contribution in [2.45, 2.75) is 25.3 Å². The normalized spacial score (nSPS) is 18.1. The molecule has 5 heteroatoms. The first-order valence-electron chi connectivity index (χ1n) is 9.03. The number of esters is 1. The fourth-order valence-corrected chi connectivity index (χ4v) is 3.79. The van der Waals surface area contributed by atoms with Gasteiger partial charge in [-0.2, -0.15) is 0 Å². The lowest BCUT2D eigenvalue weighted by Gasteiger charge is -2.23. The van der Waals surface area contributed by atoms with Crippen molar-refractivity contribution in [1.29, 1.82) is 0 Å². The highest BCUT2D eigenvalue weighted by atomic mass is 16.5. The summed E-state index contributed by atoms with van der Waals surface area (Å²) >= 11 is 0. The molecule has 2 aliphatic rings. The molecule has 2 aromatic rings. The van der Waals surface area contributed by atoms with E-state index in [4.69, 9.17) is 4.74 Å². The van der Waals surface area contributed by atoms with Gasteiger partial charge in [0.1, 0.15) is 0 Å². The Bertz CT molecular complexity index is 915. The van der Waals surface area contributed by atoms with Crippen LogP contribution in [0.15, 0.2) is 60.7 Å². The van der Waals surface area contributed by atoms with Crippen LogP contribution in [0.4, 0.5) is 0 Å². The Balaban J connectivity index is 1.48. The van der Waals surface area contributed by atoms with Crippen LogP contribution in [0.2, 0.25) is 0 Å². The summed E-state index contributed by atoms with van der Waals surface area (Å²) in [5.41, 5.74) is 3.37. The number of imide groups is 1. The number of ether oxygens (including phenoxy) is 1. The molecule has 4 rings (SSSR count). The second-order valence-electron chi connectivity index (χ2n) is 6.68. The van der Waals surface area contributed by atoms with Crippen molar-refractivity contribution < 1.29 is 19.1 Å². The molecule has 2 aromatic carbocycles. The third-order valence-electron chi connectivity index (χ3n) is 5.08. The van der Waals surface area contributed by atoms with E-state index in [2.05, 4.69) is 0 Å². The van der Waals surface area contributed by atoms with Gasteiger partial charge in [-0.15, -0.1) is 0 Å². The summed E-state index contributed by atoms with van der Waals surface area (Å²) in [6.07, 6.45) is 4.51. The molecule has 5 nitrogen and oxygen atoms in total. The third-order valence-corrected chi connectivity index (χ3v) is 5.08. The van der Waals surface area contributed by atoms with E-state index in [9.17, 15) is 14.4 Å². The molecular weight excluding hydrogens is 342 g/mol. The lowest BCUT2D eigenvalue weighted by Crippen LogP contribution is -2.33. The topological polar surface area (TPSA) is 63.7 Å². The van der Waals surface area contributed by atoms with Crippen molar-refractivity contribution in [3.63, 3.8) is 0 Å². The van der Waals surface area contributed by atoms with Gasteiger partial charge in [-0.05, 0) is 35.6 Å². The van der Waals surface area contributed by atoms with E-state index in [1.54, 1.807) is 12.1 Å². The molecule has 0 spiro atoms. The molecule has 136 valence electrons. The van der Waals surface area contributed by atoms with Crippen molar-refractivity contribution in [2.75, 3.05) is 6.61 Å². The zero-order valence-corrected chi connectivity index (χ0v) is 14.8. The lowest BCUT2D eigenvalue weighted by molar-refractivity contribution is -0.139. The highest BCUT2D eigenvalue weighted by Gasteiger charge is 2.37. The van der Waals surface area contributed by atoms with Crippen molar-refractivity contribution in [3.05, 3.63) is 82.9 Å². The van der Waals surface area contributed by atoms with Crippen LogP contribution in [0.1, 0.15) is 39.5 Å². The van der Waals surface area contributed by atoms with Crippen molar-refractivity contribution in [1.82, 2.24) is 4.90 Å². The van der Waals surface area contributed by atoms with Gasteiger partial charge in [0.2, 0.25) is 0 Å². The number of hydrogen-bond donors (Lipinski definition) is 0. The molecule has 1 atom stereocenters. The van der Waals surface area contributed by atoms with Crippen molar-refractivity contribution in [2.24, 2.45) is 0 Å². The molecule has 0 unspecified atom stereocenters. The van der Waals surface area contributed by atoms with Crippen LogP contribution < -0.4 is 0 Å². The van der Waals surface area contributed by atoms with Gasteiger partial charge in [-0.3, -0.25) is 14.5 Å². The zero-order chi connectivity index (χ0) is 18.8. The second kappa shape index (κ2) is 7.19. The van der Waals surface area contributed by atoms with E-state index < -0.39 is 0 Å². The van der Waals surface area contributed by atoms with E-state index in [0.29, 0.717) is 31.4 Å². The van der Waals surface area contributed by atoms with Crippen LogP contribution in [0, 0.1) is 0 Å². The fourth-order valence-electron chi connectivity index (χ4n) is 3.79. The highest BCUT2D eigenvalue weighted by molar-refractivity contribution is 6.13. The minimum Gasteiger partial charge on any atom is -0.462 e. The largest absolute Gasteiger partial charge is 0.462 e. The van der Waals surface area contributed by atoms with Gasteiger partial charge in [0.05, 0.1) is 18.2 Å². The van der Waals surface area contributed by atoms with E-state index in [1.807, 2.05) is 36.4 Å². The predicted octanol–water partition coefficient (Wildman–Crippen LogP) is 3.00. The van der Waals surface area contributed by atoms with E-state index in [1.165, 1.54) is 17.1 Å². The molecule has 0 radical (unpaired) electrons. The van der Waals surface area contributed by atoms with Gasteiger partial charge < -0.3 is 4.74 Å². The molecule has 27 heavy (non-hydrogen) atoms. The quantitative estimate of drug-likeness (QED) is 0.607. The molecule has 2 amide bonds. The number of fused-ring (bicyclic) bond motifs is 1. The SMILES string of the molecule is O=C(OCCc1ccccc1)c1cccc2c1CC[C@@H]2N1C(=O)C=CC1=O. The first-order chi connectivity index (χ1) is 13.1. The summed E-state index contributed by atoms with van der Waals surface area (Å²) in [7, 11) is 0. The number of rotatable bonds is 5. The summed E-state index contributed by atoms with van der Waals surface area (Å²) in [6.45, 7) is 0.308. The van der Waals surface area contributed by atoms with Crippen molar-refractivity contribution in [3.8, 4) is 0 Å². The molecular formula is C22H19NO4. The summed E-state index contributed by atoms with van der Waals surface area (Å²) in [5.74, 6) is -0.956. The van der Waals surface area contributed by atoms with Crippen LogP contribution in [-0.4, -0.2) is 29.3 Å². The van der Waals surface area contributed by atoms with Gasteiger partial charge in [0.15, 0.2) is 0 Å². The maximum atomic E-state index is 12.6. The number of benzene rings is 2. The Morgan fingerprint density at radius 3 is 2.48 bits per heavy atom. The predicted molar refractivity (Wildman–Crippen MR) is 98.9 cm³/mol. The molecule has 0 saturated heterocycles. The zero-order valence-electron chi connectivity index (χ0n) is 14.8.